The Morgan fingerprint density at radius 2 is 1.71 bits per heavy atom. The Hall–Kier alpha value is -2.58. The van der Waals surface area contributed by atoms with Crippen LogP contribution in [0.3, 0.4) is 0 Å². The van der Waals surface area contributed by atoms with Crippen LogP contribution >= 0.6 is 11.6 Å². The number of benzene rings is 2. The maximum absolute atomic E-state index is 13.4. The molecular formula is C26H36ClN3O4S. The first-order valence-corrected chi connectivity index (χ1v) is 14.2. The Bertz CT molecular complexity index is 1090. The standard InChI is InChI=1S/C26H36ClN3O4S/c1-5-17-28-26(32)24(6-2)29(19-21-10-7-8-11-23(21)27)25(31)12-9-18-30(35(4,33)34)22-15-13-20(3)14-16-22/h7-8,10-11,13-16,24H,5-6,9,12,17-19H2,1-4H3,(H,28,32)/t24-/m1/s1. The zero-order valence-corrected chi connectivity index (χ0v) is 22.5. The van der Waals surface area contributed by atoms with E-state index in [2.05, 4.69) is 5.32 Å². The van der Waals surface area contributed by atoms with Crippen molar-refractivity contribution in [3.63, 3.8) is 0 Å². The van der Waals surface area contributed by atoms with Gasteiger partial charge >= 0.3 is 0 Å². The summed E-state index contributed by atoms with van der Waals surface area (Å²) in [6.07, 6.45) is 2.81. The van der Waals surface area contributed by atoms with Crippen molar-refractivity contribution in [1.82, 2.24) is 10.2 Å². The van der Waals surface area contributed by atoms with E-state index in [1.807, 2.05) is 51.1 Å². The van der Waals surface area contributed by atoms with E-state index in [0.29, 0.717) is 30.1 Å². The van der Waals surface area contributed by atoms with Crippen molar-refractivity contribution in [3.8, 4) is 0 Å². The van der Waals surface area contributed by atoms with Crippen molar-refractivity contribution in [2.45, 2.75) is 59.0 Å². The molecular weight excluding hydrogens is 486 g/mol. The average Bonchev–Trinajstić information content (AvgIpc) is 2.81. The molecule has 0 aromatic heterocycles. The summed E-state index contributed by atoms with van der Waals surface area (Å²) in [6, 6.07) is 13.8. The molecule has 2 aromatic carbocycles. The molecule has 0 aliphatic rings. The lowest BCUT2D eigenvalue weighted by Crippen LogP contribution is -2.49. The van der Waals surface area contributed by atoms with Crippen molar-refractivity contribution in [2.75, 3.05) is 23.7 Å². The zero-order valence-electron chi connectivity index (χ0n) is 21.0. The molecule has 0 saturated carbocycles. The van der Waals surface area contributed by atoms with Crippen molar-refractivity contribution >= 4 is 39.1 Å². The lowest BCUT2D eigenvalue weighted by Gasteiger charge is -2.31. The molecule has 7 nitrogen and oxygen atoms in total. The number of nitrogens with zero attached hydrogens (tertiary/aromatic N) is 2. The van der Waals surface area contributed by atoms with Gasteiger partial charge in [-0.25, -0.2) is 8.42 Å². The van der Waals surface area contributed by atoms with Crippen LogP contribution in [0.2, 0.25) is 5.02 Å². The van der Waals surface area contributed by atoms with E-state index in [1.54, 1.807) is 23.1 Å². The number of carbonyl (C=O) groups is 2. The van der Waals surface area contributed by atoms with E-state index >= 15 is 0 Å². The Morgan fingerprint density at radius 3 is 2.29 bits per heavy atom. The fourth-order valence-electron chi connectivity index (χ4n) is 3.81. The van der Waals surface area contributed by atoms with Gasteiger partial charge in [-0.3, -0.25) is 13.9 Å². The Labute approximate surface area is 214 Å². The quantitative estimate of drug-likeness (QED) is 0.419. The van der Waals surface area contributed by atoms with Gasteiger partial charge in [-0.2, -0.15) is 0 Å². The summed E-state index contributed by atoms with van der Waals surface area (Å²) in [4.78, 5) is 27.8. The van der Waals surface area contributed by atoms with Crippen LogP contribution < -0.4 is 9.62 Å². The fourth-order valence-corrected chi connectivity index (χ4v) is 4.97. The number of anilines is 1. The van der Waals surface area contributed by atoms with Gasteiger partial charge in [0.15, 0.2) is 0 Å². The third kappa shape index (κ3) is 8.54. The topological polar surface area (TPSA) is 86.8 Å². The van der Waals surface area contributed by atoms with Crippen molar-refractivity contribution in [2.24, 2.45) is 0 Å². The molecule has 9 heteroatoms. The van der Waals surface area contributed by atoms with E-state index in [4.69, 9.17) is 11.6 Å². The molecule has 0 aliphatic heterocycles. The van der Waals surface area contributed by atoms with Crippen molar-refractivity contribution in [1.29, 1.82) is 0 Å². The molecule has 0 saturated heterocycles. The third-order valence-electron chi connectivity index (χ3n) is 5.71. The summed E-state index contributed by atoms with van der Waals surface area (Å²) in [5.74, 6) is -0.423. The van der Waals surface area contributed by atoms with Crippen LogP contribution in [-0.2, 0) is 26.2 Å². The van der Waals surface area contributed by atoms with Gasteiger partial charge in [0.05, 0.1) is 11.9 Å². The van der Waals surface area contributed by atoms with Gasteiger partial charge < -0.3 is 10.2 Å². The number of hydrogen-bond donors (Lipinski definition) is 1. The number of halogens is 1. The third-order valence-corrected chi connectivity index (χ3v) is 7.27. The van der Waals surface area contributed by atoms with Crippen LogP contribution in [0.5, 0.6) is 0 Å². The summed E-state index contributed by atoms with van der Waals surface area (Å²) < 4.78 is 26.1. The molecule has 2 aromatic rings. The summed E-state index contributed by atoms with van der Waals surface area (Å²) in [5.41, 5.74) is 2.34. The van der Waals surface area contributed by atoms with Crippen LogP contribution in [-0.4, -0.2) is 50.5 Å². The molecule has 35 heavy (non-hydrogen) atoms. The molecule has 0 spiro atoms. The van der Waals surface area contributed by atoms with Crippen LogP contribution in [0.1, 0.15) is 50.7 Å². The van der Waals surface area contributed by atoms with Gasteiger partial charge in [-0.15, -0.1) is 0 Å². The van der Waals surface area contributed by atoms with Crippen LogP contribution in [0.25, 0.3) is 0 Å². The Morgan fingerprint density at radius 1 is 1.06 bits per heavy atom. The van der Waals surface area contributed by atoms with E-state index < -0.39 is 16.1 Å². The molecule has 0 aliphatic carbocycles. The maximum atomic E-state index is 13.4. The van der Waals surface area contributed by atoms with E-state index in [-0.39, 0.29) is 31.3 Å². The first-order chi connectivity index (χ1) is 16.6. The molecule has 2 amide bonds. The molecule has 0 bridgehead atoms. The first-order valence-electron chi connectivity index (χ1n) is 11.9. The maximum Gasteiger partial charge on any atom is 0.242 e. The van der Waals surface area contributed by atoms with Gasteiger partial charge in [0, 0.05) is 31.1 Å². The normalized spacial score (nSPS) is 12.1. The monoisotopic (exact) mass is 521 g/mol. The van der Waals surface area contributed by atoms with Crippen LogP contribution in [0.4, 0.5) is 5.69 Å². The summed E-state index contributed by atoms with van der Waals surface area (Å²) >= 11 is 6.35. The summed E-state index contributed by atoms with van der Waals surface area (Å²) in [5, 5.41) is 3.41. The predicted molar refractivity (Wildman–Crippen MR) is 142 cm³/mol. The van der Waals surface area contributed by atoms with Gasteiger partial charge in [0.2, 0.25) is 21.8 Å². The fraction of sp³-hybridized carbons (Fsp3) is 0.462. The number of rotatable bonds is 13. The van der Waals surface area contributed by atoms with Crippen LogP contribution in [0, 0.1) is 6.92 Å². The SMILES string of the molecule is CCCNC(=O)[C@@H](CC)N(Cc1ccccc1Cl)C(=O)CCCN(c1ccc(C)cc1)S(C)(=O)=O. The van der Waals surface area contributed by atoms with Gasteiger partial charge in [0.1, 0.15) is 6.04 Å². The average molecular weight is 522 g/mol. The first kappa shape index (κ1) is 28.7. The number of sulfonamides is 1. The summed E-state index contributed by atoms with van der Waals surface area (Å²) in [7, 11) is -3.52. The van der Waals surface area contributed by atoms with Crippen molar-refractivity contribution in [3.05, 3.63) is 64.7 Å². The van der Waals surface area contributed by atoms with E-state index in [0.717, 1.165) is 23.8 Å². The number of carbonyl (C=O) groups excluding carboxylic acids is 2. The lowest BCUT2D eigenvalue weighted by atomic mass is 10.1. The molecule has 1 atom stereocenters. The van der Waals surface area contributed by atoms with Crippen LogP contribution in [0.15, 0.2) is 48.5 Å². The highest BCUT2D eigenvalue weighted by Crippen LogP contribution is 2.22. The van der Waals surface area contributed by atoms with Crippen molar-refractivity contribution < 1.29 is 18.0 Å². The highest BCUT2D eigenvalue weighted by atomic mass is 35.5. The minimum Gasteiger partial charge on any atom is -0.354 e. The second kappa shape index (κ2) is 13.5. The molecule has 192 valence electrons. The van der Waals surface area contributed by atoms with Gasteiger partial charge in [-0.05, 0) is 49.9 Å². The molecule has 0 fully saturated rings. The number of nitrogens with one attached hydrogen (secondary N) is 1. The molecule has 0 heterocycles. The Balaban J connectivity index is 2.20. The second-order valence-electron chi connectivity index (χ2n) is 8.60. The zero-order chi connectivity index (χ0) is 26.0. The minimum atomic E-state index is -3.52. The highest BCUT2D eigenvalue weighted by Gasteiger charge is 2.29. The lowest BCUT2D eigenvalue weighted by molar-refractivity contribution is -0.141. The smallest absolute Gasteiger partial charge is 0.242 e. The Kier molecular flexibility index (Phi) is 11.0. The molecule has 0 radical (unpaired) electrons. The largest absolute Gasteiger partial charge is 0.354 e. The molecule has 2 rings (SSSR count). The molecule has 1 N–H and O–H groups in total. The molecule has 0 unspecified atom stereocenters. The predicted octanol–water partition coefficient (Wildman–Crippen LogP) is 4.53. The summed E-state index contributed by atoms with van der Waals surface area (Å²) in [6.45, 7) is 6.66. The number of aryl methyl sites for hydroxylation is 1. The van der Waals surface area contributed by atoms with Gasteiger partial charge in [-0.1, -0.05) is 61.3 Å². The number of amides is 2. The second-order valence-corrected chi connectivity index (χ2v) is 10.9. The van der Waals surface area contributed by atoms with E-state index in [9.17, 15) is 18.0 Å². The minimum absolute atomic E-state index is 0.0971. The van der Waals surface area contributed by atoms with E-state index in [1.165, 1.54) is 4.31 Å². The van der Waals surface area contributed by atoms with Gasteiger partial charge in [0.25, 0.3) is 0 Å². The highest BCUT2D eigenvalue weighted by molar-refractivity contribution is 7.92. The number of hydrogen-bond acceptors (Lipinski definition) is 4.